The van der Waals surface area contributed by atoms with E-state index in [1.165, 1.54) is 13.8 Å². The van der Waals surface area contributed by atoms with Crippen LogP contribution in [0.2, 0.25) is 0 Å². The van der Waals surface area contributed by atoms with Gasteiger partial charge in [0, 0.05) is 0 Å². The van der Waals surface area contributed by atoms with Crippen molar-refractivity contribution in [2.75, 3.05) is 5.75 Å². The van der Waals surface area contributed by atoms with Gasteiger partial charge in [-0.05, 0) is 13.3 Å². The van der Waals surface area contributed by atoms with E-state index in [0.717, 1.165) is 6.92 Å². The van der Waals surface area contributed by atoms with Crippen LogP contribution in [0.15, 0.2) is 0 Å². The summed E-state index contributed by atoms with van der Waals surface area (Å²) in [5.41, 5.74) is 0. The molecular formula is C6H13FO2S. The second-order valence-electron chi connectivity index (χ2n) is 2.36. The molecule has 0 saturated carbocycles. The zero-order chi connectivity index (χ0) is 8.41. The third kappa shape index (κ3) is 1.68. The maximum absolute atomic E-state index is 13.0. The lowest BCUT2D eigenvalue weighted by Crippen LogP contribution is -2.30. The minimum atomic E-state index is -3.51. The topological polar surface area (TPSA) is 34.1 Å². The van der Waals surface area contributed by atoms with E-state index in [4.69, 9.17) is 0 Å². The molecule has 10 heavy (non-hydrogen) atoms. The van der Waals surface area contributed by atoms with E-state index in [2.05, 4.69) is 0 Å². The molecule has 0 rings (SSSR count). The van der Waals surface area contributed by atoms with Gasteiger partial charge in [-0.2, -0.15) is 0 Å². The van der Waals surface area contributed by atoms with Crippen LogP contribution in [-0.4, -0.2) is 19.2 Å². The molecule has 0 aromatic rings. The first-order valence-electron chi connectivity index (χ1n) is 3.28. The molecule has 0 aromatic carbocycles. The number of alkyl halides is 1. The van der Waals surface area contributed by atoms with Gasteiger partial charge in [0.05, 0.1) is 5.75 Å². The first-order chi connectivity index (χ1) is 4.37. The monoisotopic (exact) mass is 168 g/mol. The van der Waals surface area contributed by atoms with E-state index in [1.807, 2.05) is 0 Å². The van der Waals surface area contributed by atoms with Gasteiger partial charge < -0.3 is 0 Å². The molecule has 0 fully saturated rings. The molecule has 0 N–H and O–H groups in total. The largest absolute Gasteiger partial charge is 0.227 e. The quantitative estimate of drug-likeness (QED) is 0.640. The van der Waals surface area contributed by atoms with Crippen LogP contribution in [0, 0.1) is 0 Å². The molecule has 1 unspecified atom stereocenters. The molecule has 2 nitrogen and oxygen atoms in total. The zero-order valence-electron chi connectivity index (χ0n) is 6.52. The molecule has 0 saturated heterocycles. The first kappa shape index (κ1) is 9.88. The number of sulfone groups is 1. The molecule has 0 spiro atoms. The fourth-order valence-corrected chi connectivity index (χ4v) is 1.56. The summed E-state index contributed by atoms with van der Waals surface area (Å²) >= 11 is 0. The first-order valence-corrected chi connectivity index (χ1v) is 4.94. The van der Waals surface area contributed by atoms with Crippen LogP contribution in [0.1, 0.15) is 27.2 Å². The van der Waals surface area contributed by atoms with Crippen molar-refractivity contribution in [1.82, 2.24) is 0 Å². The van der Waals surface area contributed by atoms with Crippen LogP contribution >= 0.6 is 0 Å². The lowest BCUT2D eigenvalue weighted by atomic mass is 10.3. The van der Waals surface area contributed by atoms with Crippen LogP contribution < -0.4 is 0 Å². The Bertz CT molecular complexity index is 194. The highest BCUT2D eigenvalue weighted by atomic mass is 32.2. The maximum atomic E-state index is 13.0. The molecule has 0 radical (unpaired) electrons. The Morgan fingerprint density at radius 2 is 1.80 bits per heavy atom. The summed E-state index contributed by atoms with van der Waals surface area (Å²) < 4.78 is 34.8. The van der Waals surface area contributed by atoms with Crippen LogP contribution in [0.25, 0.3) is 0 Å². The molecule has 0 aliphatic carbocycles. The fourth-order valence-electron chi connectivity index (χ4n) is 0.521. The second-order valence-corrected chi connectivity index (χ2v) is 5.02. The molecule has 0 aliphatic rings. The highest BCUT2D eigenvalue weighted by molar-refractivity contribution is 7.92. The van der Waals surface area contributed by atoms with Gasteiger partial charge >= 0.3 is 0 Å². The Kier molecular flexibility index (Phi) is 2.83. The van der Waals surface area contributed by atoms with Crippen molar-refractivity contribution in [2.24, 2.45) is 0 Å². The molecule has 4 heteroatoms. The van der Waals surface area contributed by atoms with Crippen molar-refractivity contribution in [3.8, 4) is 0 Å². The molecule has 62 valence electrons. The second kappa shape index (κ2) is 2.86. The summed E-state index contributed by atoms with van der Waals surface area (Å²) in [6.07, 6.45) is 0.0170. The van der Waals surface area contributed by atoms with Crippen molar-refractivity contribution in [3.05, 3.63) is 0 Å². The Labute approximate surface area is 61.4 Å². The van der Waals surface area contributed by atoms with Gasteiger partial charge in [0.1, 0.15) is 0 Å². The highest BCUT2D eigenvalue weighted by Crippen LogP contribution is 2.22. The molecule has 0 aliphatic heterocycles. The summed E-state index contributed by atoms with van der Waals surface area (Å²) in [4.78, 5) is 0. The van der Waals surface area contributed by atoms with E-state index >= 15 is 0 Å². The summed E-state index contributed by atoms with van der Waals surface area (Å²) in [7, 11) is -3.51. The van der Waals surface area contributed by atoms with E-state index in [9.17, 15) is 12.8 Å². The van der Waals surface area contributed by atoms with Crippen molar-refractivity contribution >= 4 is 9.84 Å². The van der Waals surface area contributed by atoms with E-state index in [-0.39, 0.29) is 12.2 Å². The maximum Gasteiger partial charge on any atom is 0.207 e. The Hall–Kier alpha value is -0.120. The minimum absolute atomic E-state index is 0.0170. The summed E-state index contributed by atoms with van der Waals surface area (Å²) in [5.74, 6) is -0.131. The summed E-state index contributed by atoms with van der Waals surface area (Å²) in [5, 5.41) is -2.04. The molecule has 0 aromatic heterocycles. The van der Waals surface area contributed by atoms with Gasteiger partial charge in [-0.25, -0.2) is 12.8 Å². The van der Waals surface area contributed by atoms with E-state index in [0.29, 0.717) is 0 Å². The summed E-state index contributed by atoms with van der Waals surface area (Å²) in [6, 6.07) is 0. The standard InChI is InChI=1S/C6H13FO2S/c1-4-6(3,7)10(8,9)5-2/h4-5H2,1-3H3. The Balaban J connectivity index is 4.64. The molecule has 0 heterocycles. The lowest BCUT2D eigenvalue weighted by molar-refractivity contribution is 0.284. The number of halogens is 1. The highest BCUT2D eigenvalue weighted by Gasteiger charge is 2.35. The Morgan fingerprint density at radius 3 is 1.90 bits per heavy atom. The smallest absolute Gasteiger partial charge is 0.207 e. The van der Waals surface area contributed by atoms with Crippen LogP contribution in [0.3, 0.4) is 0 Å². The van der Waals surface area contributed by atoms with Gasteiger partial charge in [-0.3, -0.25) is 0 Å². The predicted octanol–water partition coefficient (Wildman–Crippen LogP) is 1.52. The normalized spacial score (nSPS) is 18.4. The van der Waals surface area contributed by atoms with Crippen molar-refractivity contribution < 1.29 is 12.8 Å². The average molecular weight is 168 g/mol. The average Bonchev–Trinajstić information content (AvgIpc) is 1.88. The van der Waals surface area contributed by atoms with Crippen LogP contribution in [-0.2, 0) is 9.84 Å². The van der Waals surface area contributed by atoms with E-state index < -0.39 is 14.8 Å². The molecule has 1 atom stereocenters. The molecule has 0 bridgehead atoms. The van der Waals surface area contributed by atoms with Crippen molar-refractivity contribution in [1.29, 1.82) is 0 Å². The number of rotatable bonds is 3. The van der Waals surface area contributed by atoms with Gasteiger partial charge in [0.25, 0.3) is 0 Å². The molecule has 0 amide bonds. The zero-order valence-corrected chi connectivity index (χ0v) is 7.33. The predicted molar refractivity (Wildman–Crippen MR) is 39.3 cm³/mol. The van der Waals surface area contributed by atoms with Gasteiger partial charge in [-0.15, -0.1) is 0 Å². The van der Waals surface area contributed by atoms with Crippen LogP contribution in [0.4, 0.5) is 4.39 Å². The van der Waals surface area contributed by atoms with Crippen molar-refractivity contribution in [2.45, 2.75) is 32.2 Å². The molecular weight excluding hydrogens is 155 g/mol. The minimum Gasteiger partial charge on any atom is -0.227 e. The van der Waals surface area contributed by atoms with Gasteiger partial charge in [-0.1, -0.05) is 13.8 Å². The third-order valence-electron chi connectivity index (χ3n) is 1.66. The SMILES string of the molecule is CCC(C)(F)S(=O)(=O)CC. The van der Waals surface area contributed by atoms with E-state index in [1.54, 1.807) is 0 Å². The lowest BCUT2D eigenvalue weighted by Gasteiger charge is -2.16. The van der Waals surface area contributed by atoms with Crippen molar-refractivity contribution in [3.63, 3.8) is 0 Å². The Morgan fingerprint density at radius 1 is 1.40 bits per heavy atom. The number of hydrogen-bond donors (Lipinski definition) is 0. The van der Waals surface area contributed by atoms with Crippen LogP contribution in [0.5, 0.6) is 0 Å². The summed E-state index contributed by atoms with van der Waals surface area (Å²) in [6.45, 7) is 4.07. The number of hydrogen-bond acceptors (Lipinski definition) is 2. The van der Waals surface area contributed by atoms with Gasteiger partial charge in [0.2, 0.25) is 5.00 Å². The fraction of sp³-hybridized carbons (Fsp3) is 1.00. The third-order valence-corrected chi connectivity index (χ3v) is 4.01. The van der Waals surface area contributed by atoms with Gasteiger partial charge in [0.15, 0.2) is 9.84 Å².